The Balaban J connectivity index is 0.000000541. The van der Waals surface area contributed by atoms with E-state index >= 15 is 0 Å². The molecule has 10 nitrogen and oxygen atoms in total. The third-order valence-corrected chi connectivity index (χ3v) is 8.45. The van der Waals surface area contributed by atoms with Crippen LogP contribution in [0.1, 0.15) is 31.2 Å². The Labute approximate surface area is 244 Å². The number of alkyl halides is 3. The summed E-state index contributed by atoms with van der Waals surface area (Å²) in [7, 11) is -2.05. The van der Waals surface area contributed by atoms with E-state index in [0.717, 1.165) is 5.56 Å². The quantitative estimate of drug-likeness (QED) is 0.225. The van der Waals surface area contributed by atoms with Crippen LogP contribution in [-0.2, 0) is 14.8 Å². The van der Waals surface area contributed by atoms with E-state index < -0.39 is 28.0 Å². The van der Waals surface area contributed by atoms with E-state index in [-0.39, 0.29) is 17.0 Å². The Kier molecular flexibility index (Phi) is 9.37. The Morgan fingerprint density at radius 2 is 1.72 bits per heavy atom. The Bertz CT molecular complexity index is 1740. The van der Waals surface area contributed by atoms with E-state index in [0.29, 0.717) is 59.7 Å². The van der Waals surface area contributed by atoms with Gasteiger partial charge >= 0.3 is 12.1 Å². The van der Waals surface area contributed by atoms with Crippen LogP contribution in [0.5, 0.6) is 0 Å². The first-order valence-electron chi connectivity index (χ1n) is 13.1. The van der Waals surface area contributed by atoms with Crippen molar-refractivity contribution in [2.24, 2.45) is 0 Å². The Morgan fingerprint density at radius 1 is 1.07 bits per heavy atom. The zero-order valence-electron chi connectivity index (χ0n) is 23.1. The summed E-state index contributed by atoms with van der Waals surface area (Å²) >= 11 is 0. The maximum Gasteiger partial charge on any atom is 0.490 e. The zero-order chi connectivity index (χ0) is 31.5. The fourth-order valence-electron chi connectivity index (χ4n) is 4.68. The zero-order valence-corrected chi connectivity index (χ0v) is 23.9. The van der Waals surface area contributed by atoms with Crippen molar-refractivity contribution in [2.75, 3.05) is 12.4 Å². The second-order valence-corrected chi connectivity index (χ2v) is 11.7. The number of sulfonamides is 1. The minimum atomic E-state index is -5.08. The number of carbonyl (C=O) groups is 1. The van der Waals surface area contributed by atoms with Gasteiger partial charge in [-0.05, 0) is 62.4 Å². The van der Waals surface area contributed by atoms with E-state index in [1.807, 2.05) is 6.92 Å². The van der Waals surface area contributed by atoms with Gasteiger partial charge in [0, 0.05) is 30.4 Å². The van der Waals surface area contributed by atoms with E-state index in [1.54, 1.807) is 60.2 Å². The Hall–Kier alpha value is -4.08. The van der Waals surface area contributed by atoms with E-state index in [9.17, 15) is 31.1 Å². The van der Waals surface area contributed by atoms with Crippen LogP contribution in [0.3, 0.4) is 0 Å². The van der Waals surface area contributed by atoms with E-state index in [2.05, 4.69) is 20.0 Å². The third kappa shape index (κ3) is 7.29. The van der Waals surface area contributed by atoms with Gasteiger partial charge in [-0.3, -0.25) is 4.40 Å². The number of aromatic nitrogens is 3. The van der Waals surface area contributed by atoms with E-state index in [1.165, 1.54) is 6.07 Å². The predicted molar refractivity (Wildman–Crippen MR) is 150 cm³/mol. The SMILES string of the molecule is CNc1nc(-c2ccccc2F)cn2c(-c3cc(S(=O)(=O)NC4CCC(O)CC4)ccc3C)cnc12.O=C(O)C(F)(F)F. The average Bonchev–Trinajstić information content (AvgIpc) is 3.38. The molecule has 0 saturated heterocycles. The average molecular weight is 624 g/mol. The molecule has 15 heteroatoms. The van der Waals surface area contributed by atoms with Gasteiger partial charge in [-0.25, -0.2) is 32.3 Å². The van der Waals surface area contributed by atoms with Crippen molar-refractivity contribution in [3.63, 3.8) is 0 Å². The van der Waals surface area contributed by atoms with Crippen LogP contribution in [0.15, 0.2) is 59.8 Å². The molecule has 0 unspecified atom stereocenters. The van der Waals surface area contributed by atoms with Crippen LogP contribution in [0.2, 0.25) is 0 Å². The fourth-order valence-corrected chi connectivity index (χ4v) is 6.01. The van der Waals surface area contributed by atoms with Gasteiger partial charge in [-0.1, -0.05) is 18.2 Å². The summed E-state index contributed by atoms with van der Waals surface area (Å²) in [5.41, 5.74) is 3.54. The lowest BCUT2D eigenvalue weighted by Crippen LogP contribution is -2.38. The van der Waals surface area contributed by atoms with Crippen LogP contribution in [-0.4, -0.2) is 64.3 Å². The number of carboxylic acids is 1. The van der Waals surface area contributed by atoms with Crippen LogP contribution >= 0.6 is 0 Å². The van der Waals surface area contributed by atoms with Crippen molar-refractivity contribution >= 4 is 27.5 Å². The third-order valence-electron chi connectivity index (χ3n) is 6.94. The number of fused-ring (bicyclic) bond motifs is 1. The standard InChI is InChI=1S/C26H28FN5O3S.C2HF3O2/c1-16-7-12-19(36(34,35)31-17-8-10-18(33)11-9-17)13-21(16)24-14-29-26-25(28-2)30-23(15-32(24)26)20-5-3-4-6-22(20)27;3-2(4,5)1(6)7/h3-7,12-15,17-18,31,33H,8-11H2,1-2H3,(H,28,30);(H,6,7). The molecule has 4 aromatic rings. The topological polar surface area (TPSA) is 146 Å². The predicted octanol–water partition coefficient (Wildman–Crippen LogP) is 4.77. The first kappa shape index (κ1) is 31.8. The number of hydrogen-bond donors (Lipinski definition) is 4. The number of halogens is 4. The lowest BCUT2D eigenvalue weighted by molar-refractivity contribution is -0.192. The summed E-state index contributed by atoms with van der Waals surface area (Å²) < 4.78 is 77.3. The maximum absolute atomic E-state index is 14.5. The lowest BCUT2D eigenvalue weighted by atomic mass is 9.94. The number of hydrogen-bond acceptors (Lipinski definition) is 7. The number of aliphatic carboxylic acids is 1. The number of imidazole rings is 1. The Morgan fingerprint density at radius 3 is 2.33 bits per heavy atom. The number of carboxylic acid groups (broad SMARTS) is 1. The molecule has 43 heavy (non-hydrogen) atoms. The minimum absolute atomic E-state index is 0.154. The molecule has 0 atom stereocenters. The number of nitrogens with one attached hydrogen (secondary N) is 2. The first-order chi connectivity index (χ1) is 20.2. The summed E-state index contributed by atoms with van der Waals surface area (Å²) in [6.45, 7) is 1.90. The van der Waals surface area contributed by atoms with Crippen molar-refractivity contribution in [1.29, 1.82) is 0 Å². The molecule has 2 heterocycles. The molecule has 0 amide bonds. The normalized spacial score (nSPS) is 17.3. The highest BCUT2D eigenvalue weighted by Gasteiger charge is 2.38. The summed E-state index contributed by atoms with van der Waals surface area (Å²) in [4.78, 5) is 18.1. The molecular weight excluding hydrogens is 594 g/mol. The molecule has 2 aromatic heterocycles. The van der Waals surface area contributed by atoms with Gasteiger partial charge in [0.05, 0.1) is 28.6 Å². The van der Waals surface area contributed by atoms with Gasteiger partial charge in [0.2, 0.25) is 10.0 Å². The van der Waals surface area contributed by atoms with Crippen molar-refractivity contribution in [3.05, 3.63) is 66.2 Å². The molecule has 1 aliphatic rings. The van der Waals surface area contributed by atoms with Gasteiger partial charge < -0.3 is 15.5 Å². The number of aryl methyl sites for hydroxylation is 1. The summed E-state index contributed by atoms with van der Waals surface area (Å²) in [5.74, 6) is -2.67. The monoisotopic (exact) mass is 623 g/mol. The first-order valence-corrected chi connectivity index (χ1v) is 14.6. The maximum atomic E-state index is 14.5. The van der Waals surface area contributed by atoms with Gasteiger partial charge in [0.15, 0.2) is 11.5 Å². The number of nitrogens with zero attached hydrogens (tertiary/aromatic N) is 3. The van der Waals surface area contributed by atoms with E-state index in [4.69, 9.17) is 9.90 Å². The molecule has 1 fully saturated rings. The molecule has 0 spiro atoms. The van der Waals surface area contributed by atoms with Crippen LogP contribution < -0.4 is 10.0 Å². The molecule has 230 valence electrons. The largest absolute Gasteiger partial charge is 0.490 e. The number of aliphatic hydroxyl groups is 1. The molecule has 0 radical (unpaired) electrons. The highest BCUT2D eigenvalue weighted by Crippen LogP contribution is 2.32. The minimum Gasteiger partial charge on any atom is -0.475 e. The molecule has 5 rings (SSSR count). The highest BCUT2D eigenvalue weighted by molar-refractivity contribution is 7.89. The molecule has 1 saturated carbocycles. The smallest absolute Gasteiger partial charge is 0.475 e. The van der Waals surface area contributed by atoms with Gasteiger partial charge in [-0.15, -0.1) is 0 Å². The number of anilines is 1. The molecule has 1 aliphatic carbocycles. The summed E-state index contributed by atoms with van der Waals surface area (Å²) in [5, 5.41) is 19.9. The highest BCUT2D eigenvalue weighted by atomic mass is 32.2. The summed E-state index contributed by atoms with van der Waals surface area (Å²) in [6.07, 6.45) is 0.301. The molecule has 0 bridgehead atoms. The van der Waals surface area contributed by atoms with Crippen LogP contribution in [0.25, 0.3) is 28.2 Å². The number of rotatable bonds is 6. The number of aliphatic hydroxyl groups excluding tert-OH is 1. The van der Waals surface area contributed by atoms with Gasteiger partial charge in [-0.2, -0.15) is 13.2 Å². The van der Waals surface area contributed by atoms with Gasteiger partial charge in [0.25, 0.3) is 0 Å². The van der Waals surface area contributed by atoms with Crippen molar-refractivity contribution in [1.82, 2.24) is 19.1 Å². The summed E-state index contributed by atoms with van der Waals surface area (Å²) in [6, 6.07) is 11.2. The van der Waals surface area contributed by atoms with Crippen molar-refractivity contribution in [2.45, 2.75) is 55.8 Å². The lowest BCUT2D eigenvalue weighted by Gasteiger charge is -2.26. The van der Waals surface area contributed by atoms with Crippen molar-refractivity contribution < 1.29 is 41.0 Å². The molecular formula is C28H29F4N5O5S. The molecule has 0 aliphatic heterocycles. The molecule has 2 aromatic carbocycles. The van der Waals surface area contributed by atoms with Crippen molar-refractivity contribution in [3.8, 4) is 22.5 Å². The van der Waals surface area contributed by atoms with Gasteiger partial charge in [0.1, 0.15) is 5.82 Å². The second kappa shape index (κ2) is 12.7. The molecule has 4 N–H and O–H groups in total. The van der Waals surface area contributed by atoms with Crippen LogP contribution in [0, 0.1) is 12.7 Å². The fraction of sp³-hybridized carbons (Fsp3) is 0.321. The van der Waals surface area contributed by atoms with Crippen LogP contribution in [0.4, 0.5) is 23.4 Å². The number of benzene rings is 2. The second-order valence-electron chi connectivity index (χ2n) is 9.95.